The van der Waals surface area contributed by atoms with Crippen molar-refractivity contribution in [2.24, 2.45) is 0 Å². The van der Waals surface area contributed by atoms with Gasteiger partial charge < -0.3 is 4.90 Å². The second-order valence-corrected chi connectivity index (χ2v) is 4.88. The summed E-state index contributed by atoms with van der Waals surface area (Å²) in [6.45, 7) is 1.88. The maximum absolute atomic E-state index is 11.5. The fourth-order valence-electron chi connectivity index (χ4n) is 1.75. The summed E-state index contributed by atoms with van der Waals surface area (Å²) in [5.41, 5.74) is 0. The van der Waals surface area contributed by atoms with Crippen LogP contribution in [0.1, 0.15) is 32.6 Å². The van der Waals surface area contributed by atoms with E-state index in [1.54, 1.807) is 0 Å². The molecule has 1 rings (SSSR count). The molecule has 0 N–H and O–H groups in total. The summed E-state index contributed by atoms with van der Waals surface area (Å²) in [7, 11) is 1.91. The highest BCUT2D eigenvalue weighted by molar-refractivity contribution is 9.10. The monoisotopic (exact) mass is 233 g/mol. The van der Waals surface area contributed by atoms with E-state index >= 15 is 0 Å². The minimum absolute atomic E-state index is 0.0388. The van der Waals surface area contributed by atoms with Crippen molar-refractivity contribution in [2.75, 3.05) is 7.05 Å². The van der Waals surface area contributed by atoms with E-state index in [9.17, 15) is 4.79 Å². The standard InChI is InChI=1S/C9H16BrNO/c1-7(10)9(12)11(2)8-5-3-4-6-8/h7-8H,3-6H2,1-2H3. The molecular weight excluding hydrogens is 218 g/mol. The first kappa shape index (κ1) is 10.0. The number of hydrogen-bond acceptors (Lipinski definition) is 1. The van der Waals surface area contributed by atoms with Crippen LogP contribution in [0.2, 0.25) is 0 Å². The lowest BCUT2D eigenvalue weighted by molar-refractivity contribution is -0.130. The number of halogens is 1. The smallest absolute Gasteiger partial charge is 0.236 e. The topological polar surface area (TPSA) is 20.3 Å². The molecule has 0 saturated heterocycles. The largest absolute Gasteiger partial charge is 0.342 e. The molecule has 1 amide bonds. The molecule has 2 nitrogen and oxygen atoms in total. The Morgan fingerprint density at radius 2 is 2.00 bits per heavy atom. The van der Waals surface area contributed by atoms with E-state index in [1.165, 1.54) is 25.7 Å². The lowest BCUT2D eigenvalue weighted by Gasteiger charge is -2.25. The van der Waals surface area contributed by atoms with Gasteiger partial charge in [-0.05, 0) is 19.8 Å². The number of carbonyl (C=O) groups is 1. The van der Waals surface area contributed by atoms with Gasteiger partial charge in [0.05, 0.1) is 4.83 Å². The molecule has 1 atom stereocenters. The van der Waals surface area contributed by atoms with Crippen LogP contribution in [0.4, 0.5) is 0 Å². The summed E-state index contributed by atoms with van der Waals surface area (Å²) in [5, 5.41) is 0. The van der Waals surface area contributed by atoms with Crippen LogP contribution in [0.5, 0.6) is 0 Å². The third kappa shape index (κ3) is 2.22. The van der Waals surface area contributed by atoms with Crippen LogP contribution in [-0.4, -0.2) is 28.7 Å². The molecule has 0 bridgehead atoms. The Balaban J connectivity index is 2.45. The summed E-state index contributed by atoms with van der Waals surface area (Å²) in [6.07, 6.45) is 4.92. The zero-order valence-corrected chi connectivity index (χ0v) is 9.30. The van der Waals surface area contributed by atoms with Gasteiger partial charge in [0, 0.05) is 13.1 Å². The summed E-state index contributed by atoms with van der Waals surface area (Å²) in [4.78, 5) is 13.4. The minimum Gasteiger partial charge on any atom is -0.342 e. The molecule has 0 aromatic carbocycles. The van der Waals surface area contributed by atoms with E-state index in [0.717, 1.165) is 0 Å². The molecule has 1 fully saturated rings. The molecule has 0 aromatic rings. The van der Waals surface area contributed by atoms with E-state index < -0.39 is 0 Å². The van der Waals surface area contributed by atoms with Crippen LogP contribution >= 0.6 is 15.9 Å². The van der Waals surface area contributed by atoms with Crippen LogP contribution < -0.4 is 0 Å². The lowest BCUT2D eigenvalue weighted by atomic mass is 10.2. The molecule has 1 aliphatic carbocycles. The van der Waals surface area contributed by atoms with Gasteiger partial charge in [-0.15, -0.1) is 0 Å². The molecule has 1 aliphatic rings. The van der Waals surface area contributed by atoms with Crippen LogP contribution in [0.3, 0.4) is 0 Å². The molecular formula is C9H16BrNO. The maximum Gasteiger partial charge on any atom is 0.236 e. The van der Waals surface area contributed by atoms with E-state index in [2.05, 4.69) is 15.9 Å². The quantitative estimate of drug-likeness (QED) is 0.670. The summed E-state index contributed by atoms with van der Waals surface area (Å²) in [5.74, 6) is 0.210. The van der Waals surface area contributed by atoms with Crippen LogP contribution in [0.15, 0.2) is 0 Å². The van der Waals surface area contributed by atoms with Gasteiger partial charge in [-0.3, -0.25) is 4.79 Å². The zero-order chi connectivity index (χ0) is 9.14. The molecule has 0 radical (unpaired) electrons. The zero-order valence-electron chi connectivity index (χ0n) is 7.72. The number of carbonyl (C=O) groups excluding carboxylic acids is 1. The van der Waals surface area contributed by atoms with E-state index in [-0.39, 0.29) is 10.7 Å². The van der Waals surface area contributed by atoms with Crippen molar-refractivity contribution in [3.05, 3.63) is 0 Å². The fourth-order valence-corrected chi connectivity index (χ4v) is 2.08. The first-order chi connectivity index (χ1) is 5.63. The van der Waals surface area contributed by atoms with Crippen molar-refractivity contribution in [3.8, 4) is 0 Å². The lowest BCUT2D eigenvalue weighted by Crippen LogP contribution is -2.38. The molecule has 12 heavy (non-hydrogen) atoms. The van der Waals surface area contributed by atoms with E-state index in [4.69, 9.17) is 0 Å². The third-order valence-corrected chi connectivity index (χ3v) is 2.95. The van der Waals surface area contributed by atoms with Crippen LogP contribution in [-0.2, 0) is 4.79 Å². The molecule has 0 aliphatic heterocycles. The average molecular weight is 234 g/mol. The van der Waals surface area contributed by atoms with Gasteiger partial charge in [-0.25, -0.2) is 0 Å². The van der Waals surface area contributed by atoms with Gasteiger partial charge in [0.2, 0.25) is 5.91 Å². The second kappa shape index (κ2) is 4.26. The van der Waals surface area contributed by atoms with Crippen molar-refractivity contribution in [3.63, 3.8) is 0 Å². The van der Waals surface area contributed by atoms with Crippen molar-refractivity contribution in [2.45, 2.75) is 43.5 Å². The minimum atomic E-state index is -0.0388. The predicted octanol–water partition coefficient (Wildman–Crippen LogP) is 2.17. The fraction of sp³-hybridized carbons (Fsp3) is 0.889. The van der Waals surface area contributed by atoms with Crippen LogP contribution in [0.25, 0.3) is 0 Å². The average Bonchev–Trinajstić information content (AvgIpc) is 2.53. The van der Waals surface area contributed by atoms with Crippen LogP contribution in [0, 0.1) is 0 Å². The molecule has 1 unspecified atom stereocenters. The molecule has 3 heteroatoms. The highest BCUT2D eigenvalue weighted by atomic mass is 79.9. The molecule has 0 heterocycles. The van der Waals surface area contributed by atoms with Gasteiger partial charge in [0.1, 0.15) is 0 Å². The first-order valence-electron chi connectivity index (χ1n) is 4.53. The van der Waals surface area contributed by atoms with Gasteiger partial charge >= 0.3 is 0 Å². The number of rotatable bonds is 2. The Bertz CT molecular complexity index is 164. The summed E-state index contributed by atoms with van der Waals surface area (Å²) in [6, 6.07) is 0.498. The third-order valence-electron chi connectivity index (χ3n) is 2.56. The highest BCUT2D eigenvalue weighted by Crippen LogP contribution is 2.23. The number of amides is 1. The Hall–Kier alpha value is -0.0500. The molecule has 0 aromatic heterocycles. The van der Waals surface area contributed by atoms with Crippen molar-refractivity contribution in [1.29, 1.82) is 0 Å². The molecule has 70 valence electrons. The SMILES string of the molecule is CC(Br)C(=O)N(C)C1CCCC1. The van der Waals surface area contributed by atoms with Gasteiger partial charge in [-0.2, -0.15) is 0 Å². The van der Waals surface area contributed by atoms with Crippen molar-refractivity contribution >= 4 is 21.8 Å². The second-order valence-electron chi connectivity index (χ2n) is 3.50. The van der Waals surface area contributed by atoms with Gasteiger partial charge in [0.15, 0.2) is 0 Å². The van der Waals surface area contributed by atoms with Gasteiger partial charge in [0.25, 0.3) is 0 Å². The Morgan fingerprint density at radius 3 is 2.42 bits per heavy atom. The first-order valence-corrected chi connectivity index (χ1v) is 5.45. The summed E-state index contributed by atoms with van der Waals surface area (Å²) < 4.78 is 0. The van der Waals surface area contributed by atoms with Gasteiger partial charge in [-0.1, -0.05) is 28.8 Å². The normalized spacial score (nSPS) is 20.9. The van der Waals surface area contributed by atoms with E-state index in [1.807, 2.05) is 18.9 Å². The van der Waals surface area contributed by atoms with Crippen molar-refractivity contribution < 1.29 is 4.79 Å². The maximum atomic E-state index is 11.5. The molecule has 1 saturated carbocycles. The number of alkyl halides is 1. The van der Waals surface area contributed by atoms with E-state index in [0.29, 0.717) is 6.04 Å². The Morgan fingerprint density at radius 1 is 1.50 bits per heavy atom. The Kier molecular flexibility index (Phi) is 3.56. The Labute approximate surface area is 82.4 Å². The number of hydrogen-bond donors (Lipinski definition) is 0. The highest BCUT2D eigenvalue weighted by Gasteiger charge is 2.24. The summed E-state index contributed by atoms with van der Waals surface area (Å²) >= 11 is 3.30. The van der Waals surface area contributed by atoms with Crippen molar-refractivity contribution in [1.82, 2.24) is 4.90 Å². The molecule has 0 spiro atoms. The number of nitrogens with zero attached hydrogens (tertiary/aromatic N) is 1. The predicted molar refractivity (Wildman–Crippen MR) is 53.4 cm³/mol.